The summed E-state index contributed by atoms with van der Waals surface area (Å²) in [4.78, 5) is 19.2. The van der Waals surface area contributed by atoms with Gasteiger partial charge in [0.1, 0.15) is 5.82 Å². The van der Waals surface area contributed by atoms with Crippen LogP contribution in [0.3, 0.4) is 0 Å². The minimum absolute atomic E-state index is 0.0802. The molecule has 0 aromatic carbocycles. The van der Waals surface area contributed by atoms with Gasteiger partial charge in [0.2, 0.25) is 5.91 Å². The Kier molecular flexibility index (Phi) is 5.24. The van der Waals surface area contributed by atoms with Crippen LogP contribution in [0.5, 0.6) is 0 Å². The molecule has 138 valence electrons. The summed E-state index contributed by atoms with van der Waals surface area (Å²) < 4.78 is 2.09. The summed E-state index contributed by atoms with van der Waals surface area (Å²) in [5.41, 5.74) is 0.991. The topological polar surface area (TPSA) is 75.9 Å². The number of nitrogens with zero attached hydrogens (tertiary/aromatic N) is 5. The van der Waals surface area contributed by atoms with E-state index in [9.17, 15) is 4.79 Å². The average Bonchev–Trinajstić information content (AvgIpc) is 3.13. The Morgan fingerprint density at radius 1 is 1.08 bits per heavy atom. The maximum absolute atomic E-state index is 12.7. The molecule has 0 bridgehead atoms. The largest absolute Gasteiger partial charge is 0.354 e. The fraction of sp³-hybridized carbons (Fsp3) is 0.579. The van der Waals surface area contributed by atoms with E-state index in [0.717, 1.165) is 56.2 Å². The van der Waals surface area contributed by atoms with Crippen LogP contribution in [0.15, 0.2) is 24.5 Å². The smallest absolute Gasteiger partial charge is 0.230 e. The first kappa shape index (κ1) is 17.1. The molecule has 1 atom stereocenters. The standard InChI is InChI=1S/C19H26N6O/c26-19(21-10-14-24-11-2-1-3-12-24)16-5-4-13-25-17(22-23-18(16)25)15-6-8-20-9-7-15/h6-9,16H,1-5,10-14H2,(H,21,26). The van der Waals surface area contributed by atoms with Crippen molar-refractivity contribution in [1.29, 1.82) is 0 Å². The van der Waals surface area contributed by atoms with Gasteiger partial charge < -0.3 is 14.8 Å². The number of pyridine rings is 1. The van der Waals surface area contributed by atoms with Crippen LogP contribution in [-0.2, 0) is 11.3 Å². The zero-order chi connectivity index (χ0) is 17.8. The molecule has 7 heteroatoms. The number of aromatic nitrogens is 4. The Balaban J connectivity index is 1.41. The lowest BCUT2D eigenvalue weighted by molar-refractivity contribution is -0.123. The third kappa shape index (κ3) is 3.62. The predicted octanol–water partition coefficient (Wildman–Crippen LogP) is 1.82. The van der Waals surface area contributed by atoms with Crippen molar-refractivity contribution in [2.75, 3.05) is 26.2 Å². The highest BCUT2D eigenvalue weighted by atomic mass is 16.1. The number of carbonyl (C=O) groups excluding carboxylic acids is 1. The van der Waals surface area contributed by atoms with Gasteiger partial charge in [-0.05, 0) is 50.9 Å². The maximum atomic E-state index is 12.7. The van der Waals surface area contributed by atoms with Gasteiger partial charge in [-0.25, -0.2) is 0 Å². The van der Waals surface area contributed by atoms with Crippen molar-refractivity contribution in [2.24, 2.45) is 0 Å². The molecule has 1 amide bonds. The van der Waals surface area contributed by atoms with Crippen molar-refractivity contribution in [1.82, 2.24) is 30.0 Å². The Hall–Kier alpha value is -2.28. The van der Waals surface area contributed by atoms with E-state index in [2.05, 4.69) is 30.0 Å². The molecule has 4 heterocycles. The van der Waals surface area contributed by atoms with Crippen molar-refractivity contribution in [2.45, 2.75) is 44.6 Å². The minimum atomic E-state index is -0.201. The Morgan fingerprint density at radius 3 is 2.69 bits per heavy atom. The van der Waals surface area contributed by atoms with E-state index in [4.69, 9.17) is 0 Å². The Bertz CT molecular complexity index is 738. The molecular weight excluding hydrogens is 328 g/mol. The van der Waals surface area contributed by atoms with Gasteiger partial charge in [0.05, 0.1) is 5.92 Å². The molecule has 0 radical (unpaired) electrons. The van der Waals surface area contributed by atoms with Crippen LogP contribution in [0.2, 0.25) is 0 Å². The monoisotopic (exact) mass is 354 g/mol. The third-order valence-electron chi connectivity index (χ3n) is 5.40. The SMILES string of the molecule is O=C(NCCN1CCCCC1)C1CCCn2c(-c3ccncc3)nnc21. The highest BCUT2D eigenvalue weighted by Gasteiger charge is 2.31. The zero-order valence-corrected chi connectivity index (χ0v) is 15.1. The van der Waals surface area contributed by atoms with Gasteiger partial charge in [-0.2, -0.15) is 0 Å². The van der Waals surface area contributed by atoms with Crippen molar-refractivity contribution in [3.63, 3.8) is 0 Å². The highest BCUT2D eigenvalue weighted by Crippen LogP contribution is 2.30. The van der Waals surface area contributed by atoms with Gasteiger partial charge in [-0.15, -0.1) is 10.2 Å². The first-order valence-electron chi connectivity index (χ1n) is 9.66. The molecule has 1 unspecified atom stereocenters. The molecule has 1 fully saturated rings. The lowest BCUT2D eigenvalue weighted by Crippen LogP contribution is -2.40. The summed E-state index contributed by atoms with van der Waals surface area (Å²) in [6.45, 7) is 4.82. The van der Waals surface area contributed by atoms with Crippen molar-refractivity contribution >= 4 is 5.91 Å². The number of fused-ring (bicyclic) bond motifs is 1. The number of amides is 1. The molecule has 2 aliphatic heterocycles. The number of hydrogen-bond donors (Lipinski definition) is 1. The molecule has 26 heavy (non-hydrogen) atoms. The fourth-order valence-corrected chi connectivity index (χ4v) is 3.98. The van der Waals surface area contributed by atoms with Gasteiger partial charge >= 0.3 is 0 Å². The fourth-order valence-electron chi connectivity index (χ4n) is 3.98. The number of nitrogens with one attached hydrogen (secondary N) is 1. The highest BCUT2D eigenvalue weighted by molar-refractivity contribution is 5.83. The second-order valence-electron chi connectivity index (χ2n) is 7.16. The minimum Gasteiger partial charge on any atom is -0.354 e. The molecule has 0 aliphatic carbocycles. The summed E-state index contributed by atoms with van der Waals surface area (Å²) >= 11 is 0. The lowest BCUT2D eigenvalue weighted by Gasteiger charge is -2.27. The normalized spacial score (nSPS) is 20.5. The Morgan fingerprint density at radius 2 is 1.88 bits per heavy atom. The summed E-state index contributed by atoms with van der Waals surface area (Å²) in [7, 11) is 0. The van der Waals surface area contributed by atoms with Crippen molar-refractivity contribution in [3.8, 4) is 11.4 Å². The van der Waals surface area contributed by atoms with E-state index < -0.39 is 0 Å². The molecule has 2 aromatic rings. The summed E-state index contributed by atoms with van der Waals surface area (Å²) in [6.07, 6.45) is 9.20. The molecular formula is C19H26N6O. The first-order chi connectivity index (χ1) is 12.8. The summed E-state index contributed by atoms with van der Waals surface area (Å²) in [5, 5.41) is 11.8. The molecule has 1 saturated heterocycles. The molecule has 4 rings (SSSR count). The van der Waals surface area contributed by atoms with Gasteiger partial charge in [-0.1, -0.05) is 6.42 Å². The lowest BCUT2D eigenvalue weighted by atomic mass is 9.97. The van der Waals surface area contributed by atoms with E-state index in [1.807, 2.05) is 12.1 Å². The van der Waals surface area contributed by atoms with E-state index in [1.165, 1.54) is 19.3 Å². The van der Waals surface area contributed by atoms with Gasteiger partial charge in [0.15, 0.2) is 5.82 Å². The summed E-state index contributed by atoms with van der Waals surface area (Å²) in [5.74, 6) is 1.50. The van der Waals surface area contributed by atoms with E-state index in [-0.39, 0.29) is 11.8 Å². The van der Waals surface area contributed by atoms with Crippen molar-refractivity contribution < 1.29 is 4.79 Å². The van der Waals surface area contributed by atoms with Gasteiger partial charge in [0.25, 0.3) is 0 Å². The van der Waals surface area contributed by atoms with E-state index >= 15 is 0 Å². The van der Waals surface area contributed by atoms with Gasteiger partial charge in [-0.3, -0.25) is 9.78 Å². The number of rotatable bonds is 5. The first-order valence-corrected chi connectivity index (χ1v) is 9.66. The second kappa shape index (κ2) is 7.95. The van der Waals surface area contributed by atoms with E-state index in [0.29, 0.717) is 6.54 Å². The Labute approximate surface area is 153 Å². The second-order valence-corrected chi connectivity index (χ2v) is 7.16. The number of hydrogen-bond acceptors (Lipinski definition) is 5. The summed E-state index contributed by atoms with van der Waals surface area (Å²) in [6, 6.07) is 3.86. The number of likely N-dealkylation sites (tertiary alicyclic amines) is 1. The predicted molar refractivity (Wildman–Crippen MR) is 98.5 cm³/mol. The quantitative estimate of drug-likeness (QED) is 0.886. The average molecular weight is 354 g/mol. The zero-order valence-electron chi connectivity index (χ0n) is 15.1. The molecule has 1 N–H and O–H groups in total. The van der Waals surface area contributed by atoms with Crippen LogP contribution in [0.25, 0.3) is 11.4 Å². The van der Waals surface area contributed by atoms with Crippen LogP contribution in [0.4, 0.5) is 0 Å². The molecule has 7 nitrogen and oxygen atoms in total. The van der Waals surface area contributed by atoms with Gasteiger partial charge in [0, 0.05) is 37.6 Å². The van der Waals surface area contributed by atoms with E-state index in [1.54, 1.807) is 12.4 Å². The maximum Gasteiger partial charge on any atom is 0.230 e. The third-order valence-corrected chi connectivity index (χ3v) is 5.40. The van der Waals surface area contributed by atoms with Crippen LogP contribution in [-0.4, -0.2) is 56.7 Å². The molecule has 2 aliphatic rings. The van der Waals surface area contributed by atoms with Crippen LogP contribution < -0.4 is 5.32 Å². The molecule has 2 aromatic heterocycles. The van der Waals surface area contributed by atoms with Crippen LogP contribution in [0, 0.1) is 0 Å². The number of carbonyl (C=O) groups is 1. The molecule has 0 spiro atoms. The van der Waals surface area contributed by atoms with Crippen LogP contribution in [0.1, 0.15) is 43.8 Å². The van der Waals surface area contributed by atoms with Crippen molar-refractivity contribution in [3.05, 3.63) is 30.4 Å². The van der Waals surface area contributed by atoms with Crippen LogP contribution >= 0.6 is 0 Å². The molecule has 0 saturated carbocycles. The number of piperidine rings is 1.